The van der Waals surface area contributed by atoms with Crippen molar-refractivity contribution in [2.24, 2.45) is 0 Å². The molecule has 0 fully saturated rings. The number of hydrogen-bond donors (Lipinski definition) is 1. The van der Waals surface area contributed by atoms with E-state index in [4.69, 9.17) is 16.3 Å². The van der Waals surface area contributed by atoms with Gasteiger partial charge in [-0.2, -0.15) is 0 Å². The van der Waals surface area contributed by atoms with Crippen molar-refractivity contribution in [2.75, 3.05) is 13.2 Å². The van der Waals surface area contributed by atoms with Gasteiger partial charge in [-0.15, -0.1) is 0 Å². The third-order valence-electron chi connectivity index (χ3n) is 2.52. The van der Waals surface area contributed by atoms with Crippen LogP contribution < -0.4 is 5.32 Å². The zero-order valence-electron chi connectivity index (χ0n) is 10.2. The van der Waals surface area contributed by atoms with Crippen LogP contribution in [0.3, 0.4) is 0 Å². The van der Waals surface area contributed by atoms with E-state index >= 15 is 0 Å². The van der Waals surface area contributed by atoms with Gasteiger partial charge < -0.3 is 10.1 Å². The van der Waals surface area contributed by atoms with E-state index in [9.17, 15) is 0 Å². The number of rotatable bonds is 6. The summed E-state index contributed by atoms with van der Waals surface area (Å²) in [7, 11) is 0. The van der Waals surface area contributed by atoms with E-state index in [0.717, 1.165) is 24.8 Å². The van der Waals surface area contributed by atoms with Crippen molar-refractivity contribution in [1.82, 2.24) is 5.32 Å². The van der Waals surface area contributed by atoms with Crippen molar-refractivity contribution >= 4 is 11.6 Å². The van der Waals surface area contributed by atoms with Gasteiger partial charge in [-0.05, 0) is 44.0 Å². The first-order valence-corrected chi connectivity index (χ1v) is 6.07. The molecule has 90 valence electrons. The maximum Gasteiger partial charge on any atom is 0.0616 e. The van der Waals surface area contributed by atoms with Gasteiger partial charge in [-0.1, -0.05) is 17.7 Å². The molecule has 0 heterocycles. The molecule has 0 saturated carbocycles. The Morgan fingerprint density at radius 1 is 1.44 bits per heavy atom. The summed E-state index contributed by atoms with van der Waals surface area (Å²) in [4.78, 5) is 0. The third kappa shape index (κ3) is 4.52. The van der Waals surface area contributed by atoms with Crippen LogP contribution in [0.25, 0.3) is 0 Å². The van der Waals surface area contributed by atoms with Crippen LogP contribution in [0.4, 0.5) is 0 Å². The van der Waals surface area contributed by atoms with E-state index in [1.54, 1.807) is 0 Å². The molecular weight excluding hydrogens is 222 g/mol. The minimum atomic E-state index is 0.370. The second-order valence-electron chi connectivity index (χ2n) is 4.01. The highest BCUT2D eigenvalue weighted by atomic mass is 35.5. The van der Waals surface area contributed by atoms with E-state index < -0.39 is 0 Å². The lowest BCUT2D eigenvalue weighted by Crippen LogP contribution is -2.30. The summed E-state index contributed by atoms with van der Waals surface area (Å²) >= 11 is 5.91. The molecule has 0 aromatic heterocycles. The molecule has 1 rings (SSSR count). The molecule has 2 nitrogen and oxygen atoms in total. The molecule has 0 spiro atoms. The molecule has 0 radical (unpaired) electrons. The zero-order chi connectivity index (χ0) is 12.0. The Labute approximate surface area is 103 Å². The van der Waals surface area contributed by atoms with E-state index in [-0.39, 0.29) is 0 Å². The maximum absolute atomic E-state index is 5.91. The van der Waals surface area contributed by atoms with Crippen LogP contribution in [0, 0.1) is 6.92 Å². The minimum Gasteiger partial charge on any atom is -0.380 e. The number of benzene rings is 1. The molecule has 1 atom stereocenters. The second-order valence-corrected chi connectivity index (χ2v) is 4.45. The smallest absolute Gasteiger partial charge is 0.0616 e. The molecule has 1 aromatic rings. The van der Waals surface area contributed by atoms with Gasteiger partial charge in [-0.25, -0.2) is 0 Å². The molecule has 16 heavy (non-hydrogen) atoms. The lowest BCUT2D eigenvalue weighted by atomic mass is 10.1. The Hall–Kier alpha value is -0.570. The van der Waals surface area contributed by atoms with Gasteiger partial charge in [0, 0.05) is 24.2 Å². The van der Waals surface area contributed by atoms with Gasteiger partial charge in [0.05, 0.1) is 6.61 Å². The number of aryl methyl sites for hydroxylation is 1. The summed E-state index contributed by atoms with van der Waals surface area (Å²) in [5.74, 6) is 0. The fourth-order valence-corrected chi connectivity index (χ4v) is 1.72. The van der Waals surface area contributed by atoms with Crippen molar-refractivity contribution in [1.29, 1.82) is 0 Å². The average Bonchev–Trinajstić information content (AvgIpc) is 2.25. The van der Waals surface area contributed by atoms with Crippen LogP contribution >= 0.6 is 11.6 Å². The van der Waals surface area contributed by atoms with Crippen molar-refractivity contribution in [2.45, 2.75) is 33.4 Å². The first-order chi connectivity index (χ1) is 7.63. The summed E-state index contributed by atoms with van der Waals surface area (Å²) in [6.45, 7) is 8.60. The number of halogens is 1. The predicted octanol–water partition coefficient (Wildman–Crippen LogP) is 3.16. The van der Waals surface area contributed by atoms with Gasteiger partial charge >= 0.3 is 0 Å². The van der Waals surface area contributed by atoms with Crippen molar-refractivity contribution in [3.8, 4) is 0 Å². The molecular formula is C13H20ClNO. The Morgan fingerprint density at radius 3 is 2.81 bits per heavy atom. The Balaban J connectivity index is 2.42. The molecule has 0 aliphatic carbocycles. The van der Waals surface area contributed by atoms with Crippen LogP contribution in [-0.2, 0) is 11.3 Å². The van der Waals surface area contributed by atoms with Crippen molar-refractivity contribution in [3.05, 3.63) is 34.3 Å². The molecule has 1 unspecified atom stereocenters. The highest BCUT2D eigenvalue weighted by molar-refractivity contribution is 6.30. The van der Waals surface area contributed by atoms with E-state index in [0.29, 0.717) is 6.04 Å². The molecule has 1 aromatic carbocycles. The molecule has 0 bridgehead atoms. The van der Waals surface area contributed by atoms with Crippen molar-refractivity contribution in [3.63, 3.8) is 0 Å². The van der Waals surface area contributed by atoms with Crippen LogP contribution in [-0.4, -0.2) is 19.3 Å². The van der Waals surface area contributed by atoms with Gasteiger partial charge in [0.2, 0.25) is 0 Å². The fraction of sp³-hybridized carbons (Fsp3) is 0.538. The summed E-state index contributed by atoms with van der Waals surface area (Å²) < 4.78 is 5.35. The quantitative estimate of drug-likeness (QED) is 0.826. The number of hydrogen-bond acceptors (Lipinski definition) is 2. The molecule has 0 amide bonds. The van der Waals surface area contributed by atoms with Crippen LogP contribution in [0.5, 0.6) is 0 Å². The molecule has 1 N–H and O–H groups in total. The lowest BCUT2D eigenvalue weighted by Gasteiger charge is -2.14. The SMILES string of the molecule is CCOCC(C)NCc1ccc(Cl)cc1C. The van der Waals surface area contributed by atoms with E-state index in [2.05, 4.69) is 25.2 Å². The Morgan fingerprint density at radius 2 is 2.19 bits per heavy atom. The molecule has 3 heteroatoms. The summed E-state index contributed by atoms with van der Waals surface area (Å²) in [6, 6.07) is 6.36. The first kappa shape index (κ1) is 13.5. The van der Waals surface area contributed by atoms with Crippen LogP contribution in [0.15, 0.2) is 18.2 Å². The normalized spacial score (nSPS) is 12.8. The minimum absolute atomic E-state index is 0.370. The number of ether oxygens (including phenoxy) is 1. The highest BCUT2D eigenvalue weighted by Crippen LogP contribution is 2.14. The van der Waals surface area contributed by atoms with E-state index in [1.165, 1.54) is 11.1 Å². The Kier molecular flexibility index (Phi) is 5.81. The summed E-state index contributed by atoms with van der Waals surface area (Å²) in [5.41, 5.74) is 2.51. The van der Waals surface area contributed by atoms with Crippen molar-refractivity contribution < 1.29 is 4.74 Å². The maximum atomic E-state index is 5.91. The average molecular weight is 242 g/mol. The first-order valence-electron chi connectivity index (χ1n) is 5.69. The van der Waals surface area contributed by atoms with Gasteiger partial charge in [-0.3, -0.25) is 0 Å². The standard InChI is InChI=1S/C13H20ClNO/c1-4-16-9-11(3)15-8-12-5-6-13(14)7-10(12)2/h5-7,11,15H,4,8-9H2,1-3H3. The predicted molar refractivity (Wildman–Crippen MR) is 69.0 cm³/mol. The van der Waals surface area contributed by atoms with Gasteiger partial charge in [0.15, 0.2) is 0 Å². The summed E-state index contributed by atoms with van der Waals surface area (Å²) in [5, 5.41) is 4.22. The van der Waals surface area contributed by atoms with Crippen LogP contribution in [0.2, 0.25) is 5.02 Å². The lowest BCUT2D eigenvalue weighted by molar-refractivity contribution is 0.127. The monoisotopic (exact) mass is 241 g/mol. The number of nitrogens with one attached hydrogen (secondary N) is 1. The van der Waals surface area contributed by atoms with E-state index in [1.807, 2.05) is 19.1 Å². The fourth-order valence-electron chi connectivity index (χ4n) is 1.50. The topological polar surface area (TPSA) is 21.3 Å². The molecule has 0 aliphatic heterocycles. The summed E-state index contributed by atoms with van der Waals surface area (Å²) in [6.07, 6.45) is 0. The molecule has 0 aliphatic rings. The largest absolute Gasteiger partial charge is 0.380 e. The molecule has 0 saturated heterocycles. The van der Waals surface area contributed by atoms with Gasteiger partial charge in [0.1, 0.15) is 0 Å². The highest BCUT2D eigenvalue weighted by Gasteiger charge is 2.03. The zero-order valence-corrected chi connectivity index (χ0v) is 11.0. The van der Waals surface area contributed by atoms with Gasteiger partial charge in [0.25, 0.3) is 0 Å². The van der Waals surface area contributed by atoms with Crippen LogP contribution in [0.1, 0.15) is 25.0 Å². The Bertz CT molecular complexity index is 328. The third-order valence-corrected chi connectivity index (χ3v) is 2.75. The second kappa shape index (κ2) is 6.89.